The number of hydrogen-bond acceptors (Lipinski definition) is 6. The lowest BCUT2D eigenvalue weighted by Gasteiger charge is -2.30. The van der Waals surface area contributed by atoms with Crippen molar-refractivity contribution in [2.24, 2.45) is 0 Å². The van der Waals surface area contributed by atoms with Crippen molar-refractivity contribution in [2.45, 2.75) is 63.7 Å². The van der Waals surface area contributed by atoms with Crippen molar-refractivity contribution in [3.05, 3.63) is 28.8 Å². The number of rotatable bonds is 2. The van der Waals surface area contributed by atoms with E-state index in [1.807, 2.05) is 20.8 Å². The van der Waals surface area contributed by atoms with Crippen LogP contribution < -0.4 is 0 Å². The van der Waals surface area contributed by atoms with Gasteiger partial charge in [0.1, 0.15) is 23.7 Å². The molecule has 3 heterocycles. The van der Waals surface area contributed by atoms with Gasteiger partial charge < -0.3 is 14.7 Å². The van der Waals surface area contributed by atoms with Gasteiger partial charge in [-0.05, 0) is 32.3 Å². The zero-order valence-corrected chi connectivity index (χ0v) is 14.1. The molecule has 0 unspecified atom stereocenters. The van der Waals surface area contributed by atoms with E-state index in [1.165, 1.54) is 11.4 Å². The van der Waals surface area contributed by atoms with E-state index >= 15 is 0 Å². The second-order valence-electron chi connectivity index (χ2n) is 6.72. The average molecular weight is 338 g/mol. The molecule has 1 aromatic rings. The molecule has 0 bridgehead atoms. The Labute approximate surface area is 140 Å². The van der Waals surface area contributed by atoms with E-state index in [1.54, 1.807) is 0 Å². The molecule has 0 saturated carbocycles. The van der Waals surface area contributed by atoms with Crippen molar-refractivity contribution >= 4 is 17.2 Å². The minimum Gasteiger partial charge on any atom is -0.343 e. The van der Waals surface area contributed by atoms with E-state index in [9.17, 15) is 5.21 Å². The summed E-state index contributed by atoms with van der Waals surface area (Å²) in [6.45, 7) is 5.86. The highest BCUT2D eigenvalue weighted by molar-refractivity contribution is 6.30. The van der Waals surface area contributed by atoms with Crippen LogP contribution in [-0.4, -0.2) is 50.3 Å². The summed E-state index contributed by atoms with van der Waals surface area (Å²) < 4.78 is 12.1. The first-order valence-corrected chi connectivity index (χ1v) is 8.33. The lowest BCUT2D eigenvalue weighted by molar-refractivity contribution is -0.207. The Morgan fingerprint density at radius 2 is 2.09 bits per heavy atom. The Morgan fingerprint density at radius 3 is 2.83 bits per heavy atom. The first-order valence-electron chi connectivity index (χ1n) is 7.95. The summed E-state index contributed by atoms with van der Waals surface area (Å²) >= 11 is 6.17. The zero-order chi connectivity index (χ0) is 16.4. The molecule has 1 N–H and O–H groups in total. The first-order chi connectivity index (χ1) is 10.9. The Kier molecular flexibility index (Phi) is 3.52. The van der Waals surface area contributed by atoms with E-state index in [0.717, 1.165) is 23.3 Å². The smallest absolute Gasteiger partial charge is 0.163 e. The minimum atomic E-state index is -0.645. The SMILES string of the molecule is CC[C@@H]1[C@H]2OC(C)(C)O[C@H]2[C@H](C2=CCc3c(Cl)ncnc32)N1O. The van der Waals surface area contributed by atoms with Crippen LogP contribution in [0.2, 0.25) is 5.15 Å². The van der Waals surface area contributed by atoms with E-state index in [2.05, 4.69) is 16.0 Å². The van der Waals surface area contributed by atoms with Gasteiger partial charge in [-0.25, -0.2) is 9.97 Å². The van der Waals surface area contributed by atoms with Crippen molar-refractivity contribution < 1.29 is 14.7 Å². The third-order valence-corrected chi connectivity index (χ3v) is 5.23. The Balaban J connectivity index is 1.74. The summed E-state index contributed by atoms with van der Waals surface area (Å²) in [5, 5.41) is 12.6. The van der Waals surface area contributed by atoms with E-state index in [-0.39, 0.29) is 24.3 Å². The van der Waals surface area contributed by atoms with Gasteiger partial charge >= 0.3 is 0 Å². The van der Waals surface area contributed by atoms with Crippen molar-refractivity contribution in [1.29, 1.82) is 0 Å². The molecule has 7 heteroatoms. The highest BCUT2D eigenvalue weighted by Gasteiger charge is 2.58. The zero-order valence-electron chi connectivity index (χ0n) is 13.4. The lowest BCUT2D eigenvalue weighted by Crippen LogP contribution is -2.41. The molecular weight excluding hydrogens is 318 g/mol. The van der Waals surface area contributed by atoms with Crippen molar-refractivity contribution in [1.82, 2.24) is 15.0 Å². The Bertz CT molecular complexity index is 679. The second kappa shape index (κ2) is 5.22. The number of fused-ring (bicyclic) bond motifs is 2. The molecule has 3 aliphatic rings. The molecule has 0 amide bonds. The predicted molar refractivity (Wildman–Crippen MR) is 84.0 cm³/mol. The third-order valence-electron chi connectivity index (χ3n) is 4.91. The summed E-state index contributed by atoms with van der Waals surface area (Å²) in [7, 11) is 0. The highest BCUT2D eigenvalue weighted by atomic mass is 35.5. The highest BCUT2D eigenvalue weighted by Crippen LogP contribution is 2.46. The van der Waals surface area contributed by atoms with Gasteiger partial charge in [-0.15, -0.1) is 0 Å². The maximum atomic E-state index is 10.7. The van der Waals surface area contributed by atoms with Crippen LogP contribution in [0.15, 0.2) is 12.4 Å². The van der Waals surface area contributed by atoms with Crippen molar-refractivity contribution in [3.63, 3.8) is 0 Å². The average Bonchev–Trinajstić information content (AvgIpc) is 3.09. The van der Waals surface area contributed by atoms with Gasteiger partial charge in [-0.1, -0.05) is 24.6 Å². The normalized spacial score (nSPS) is 35.3. The maximum Gasteiger partial charge on any atom is 0.163 e. The summed E-state index contributed by atoms with van der Waals surface area (Å²) in [4.78, 5) is 8.42. The Morgan fingerprint density at radius 1 is 1.35 bits per heavy atom. The van der Waals surface area contributed by atoms with Gasteiger partial charge in [0.2, 0.25) is 0 Å². The Hall–Kier alpha value is -1.05. The number of hydrogen-bond donors (Lipinski definition) is 1. The number of aromatic nitrogens is 2. The van der Waals surface area contributed by atoms with Crippen LogP contribution in [0.25, 0.3) is 5.57 Å². The second-order valence-corrected chi connectivity index (χ2v) is 7.08. The largest absolute Gasteiger partial charge is 0.343 e. The van der Waals surface area contributed by atoms with E-state index in [4.69, 9.17) is 21.1 Å². The number of ether oxygens (including phenoxy) is 2. The van der Waals surface area contributed by atoms with Gasteiger partial charge in [0.15, 0.2) is 5.79 Å². The summed E-state index contributed by atoms with van der Waals surface area (Å²) in [6, 6.07) is -0.409. The molecule has 6 nitrogen and oxygen atoms in total. The monoisotopic (exact) mass is 337 g/mol. The molecule has 0 aromatic carbocycles. The third kappa shape index (κ3) is 2.24. The molecule has 23 heavy (non-hydrogen) atoms. The first kappa shape index (κ1) is 15.5. The molecule has 1 aliphatic carbocycles. The van der Waals surface area contributed by atoms with E-state index in [0.29, 0.717) is 11.6 Å². The molecule has 124 valence electrons. The quantitative estimate of drug-likeness (QED) is 0.836. The van der Waals surface area contributed by atoms with Crippen LogP contribution in [0.3, 0.4) is 0 Å². The molecule has 2 aliphatic heterocycles. The lowest BCUT2D eigenvalue weighted by atomic mass is 9.99. The van der Waals surface area contributed by atoms with Crippen LogP contribution in [0.1, 0.15) is 38.4 Å². The van der Waals surface area contributed by atoms with Gasteiger partial charge in [0.05, 0.1) is 17.8 Å². The number of allylic oxidation sites excluding steroid dienone is 1. The molecular formula is C16H20ClN3O3. The van der Waals surface area contributed by atoms with E-state index < -0.39 is 5.79 Å². The fraction of sp³-hybridized carbons (Fsp3) is 0.625. The maximum absolute atomic E-state index is 10.7. The van der Waals surface area contributed by atoms with Crippen LogP contribution in [-0.2, 0) is 15.9 Å². The predicted octanol–water partition coefficient (Wildman–Crippen LogP) is 2.44. The molecule has 1 aromatic heterocycles. The van der Waals surface area contributed by atoms with Gasteiger partial charge in [-0.3, -0.25) is 0 Å². The minimum absolute atomic E-state index is 0.103. The fourth-order valence-electron chi connectivity index (χ4n) is 4.00. The molecule has 4 rings (SSSR count). The van der Waals surface area contributed by atoms with Crippen molar-refractivity contribution in [3.8, 4) is 0 Å². The standard InChI is InChI=1S/C16H20ClN3O3/c1-4-10-13-14(23-16(2,3)22-13)12(20(10)21)8-5-6-9-11(8)18-7-19-15(9)17/h5,7,10,12-14,21H,4,6H2,1-3H3/t10-,12+,13-,14+/m1/s1. The van der Waals surface area contributed by atoms with Crippen LogP contribution in [0.4, 0.5) is 0 Å². The van der Waals surface area contributed by atoms with Crippen molar-refractivity contribution in [2.75, 3.05) is 0 Å². The van der Waals surface area contributed by atoms with Crippen LogP contribution >= 0.6 is 11.6 Å². The molecule has 2 fully saturated rings. The summed E-state index contributed by atoms with van der Waals surface area (Å²) in [6.07, 6.45) is 4.58. The number of hydroxylamine groups is 2. The van der Waals surface area contributed by atoms with Gasteiger partial charge in [-0.2, -0.15) is 5.06 Å². The topological polar surface area (TPSA) is 67.7 Å². The molecule has 4 atom stereocenters. The number of nitrogens with zero attached hydrogens (tertiary/aromatic N) is 3. The van der Waals surface area contributed by atoms with Crippen LogP contribution in [0.5, 0.6) is 0 Å². The molecule has 2 saturated heterocycles. The summed E-state index contributed by atoms with van der Waals surface area (Å²) in [5.41, 5.74) is 2.66. The number of halogens is 1. The van der Waals surface area contributed by atoms with Gasteiger partial charge in [0.25, 0.3) is 0 Å². The fourth-order valence-corrected chi connectivity index (χ4v) is 4.21. The molecule has 0 radical (unpaired) electrons. The molecule has 0 spiro atoms. The summed E-state index contributed by atoms with van der Waals surface area (Å²) in [5.74, 6) is -0.645. The van der Waals surface area contributed by atoms with Gasteiger partial charge in [0, 0.05) is 5.56 Å². The van der Waals surface area contributed by atoms with Crippen LogP contribution in [0, 0.1) is 0 Å².